The minimum atomic E-state index is -0.639. The molecule has 0 unspecified atom stereocenters. The summed E-state index contributed by atoms with van der Waals surface area (Å²) in [4.78, 5) is 0. The third-order valence-electron chi connectivity index (χ3n) is 2.23. The van der Waals surface area contributed by atoms with Gasteiger partial charge in [0.15, 0.2) is 0 Å². The Bertz CT molecular complexity index is 421. The summed E-state index contributed by atoms with van der Waals surface area (Å²) < 4.78 is 18.8. The van der Waals surface area contributed by atoms with E-state index in [0.717, 1.165) is 18.9 Å². The minimum Gasteiger partial charge on any atom is -0.489 e. The van der Waals surface area contributed by atoms with E-state index in [9.17, 15) is 4.39 Å². The van der Waals surface area contributed by atoms with Crippen LogP contribution in [0.5, 0.6) is 5.75 Å². The van der Waals surface area contributed by atoms with Crippen LogP contribution in [0.2, 0.25) is 0 Å². The third-order valence-corrected chi connectivity index (χ3v) is 2.23. The van der Waals surface area contributed by atoms with Crippen LogP contribution >= 0.6 is 0 Å². The largest absolute Gasteiger partial charge is 0.489 e. The van der Waals surface area contributed by atoms with Gasteiger partial charge < -0.3 is 9.84 Å². The number of halogens is 1. The van der Waals surface area contributed by atoms with Gasteiger partial charge in [-0.25, -0.2) is 4.39 Å². The highest BCUT2D eigenvalue weighted by atomic mass is 19.1. The van der Waals surface area contributed by atoms with E-state index in [-0.39, 0.29) is 24.0 Å². The molecule has 0 bridgehead atoms. The number of aliphatic hydroxyl groups excluding tert-OH is 1. The molecule has 2 rings (SSSR count). The summed E-state index contributed by atoms with van der Waals surface area (Å²) in [5.74, 6) is -0.399. The van der Waals surface area contributed by atoms with E-state index in [2.05, 4.69) is 0 Å². The molecule has 0 radical (unpaired) electrons. The fourth-order valence-corrected chi connectivity index (χ4v) is 1.29. The van der Waals surface area contributed by atoms with Crippen LogP contribution in [0.1, 0.15) is 24.0 Å². The zero-order chi connectivity index (χ0) is 10.8. The van der Waals surface area contributed by atoms with Crippen molar-refractivity contribution in [2.45, 2.75) is 25.6 Å². The van der Waals surface area contributed by atoms with E-state index in [1.165, 1.54) is 6.07 Å². The van der Waals surface area contributed by atoms with Gasteiger partial charge in [0.05, 0.1) is 12.7 Å². The molecule has 0 aromatic heterocycles. The molecule has 15 heavy (non-hydrogen) atoms. The number of nitriles is 1. The smallest absolute Gasteiger partial charge is 0.145 e. The van der Waals surface area contributed by atoms with Crippen molar-refractivity contribution in [3.8, 4) is 11.8 Å². The number of benzene rings is 1. The van der Waals surface area contributed by atoms with Crippen molar-refractivity contribution in [3.05, 3.63) is 29.1 Å². The molecule has 1 aliphatic rings. The lowest BCUT2D eigenvalue weighted by Crippen LogP contribution is -2.01. The van der Waals surface area contributed by atoms with Gasteiger partial charge in [-0.15, -0.1) is 0 Å². The molecule has 0 heterocycles. The Morgan fingerprint density at radius 2 is 2.27 bits per heavy atom. The predicted molar refractivity (Wildman–Crippen MR) is 50.7 cm³/mol. The average Bonchev–Trinajstić information content (AvgIpc) is 3.01. The number of nitrogens with zero attached hydrogens (tertiary/aromatic N) is 1. The summed E-state index contributed by atoms with van der Waals surface area (Å²) in [7, 11) is 0. The average molecular weight is 207 g/mol. The first-order valence-corrected chi connectivity index (χ1v) is 4.74. The maximum Gasteiger partial charge on any atom is 0.145 e. The second-order valence-electron chi connectivity index (χ2n) is 3.54. The molecule has 0 aliphatic heterocycles. The summed E-state index contributed by atoms with van der Waals surface area (Å²) in [6.45, 7) is -0.260. The molecule has 1 saturated carbocycles. The number of hydrogen-bond acceptors (Lipinski definition) is 3. The fraction of sp³-hybridized carbons (Fsp3) is 0.364. The lowest BCUT2D eigenvalue weighted by molar-refractivity contribution is 0.276. The van der Waals surface area contributed by atoms with Gasteiger partial charge in [0.25, 0.3) is 0 Å². The second-order valence-corrected chi connectivity index (χ2v) is 3.54. The van der Waals surface area contributed by atoms with E-state index in [1.54, 1.807) is 6.07 Å². The Labute approximate surface area is 86.7 Å². The molecule has 4 heteroatoms. The Morgan fingerprint density at radius 1 is 1.53 bits per heavy atom. The zero-order valence-electron chi connectivity index (χ0n) is 8.03. The maximum atomic E-state index is 13.4. The number of hydrogen-bond donors (Lipinski definition) is 1. The molecule has 3 nitrogen and oxygen atoms in total. The van der Waals surface area contributed by atoms with Crippen molar-refractivity contribution in [1.82, 2.24) is 0 Å². The monoisotopic (exact) mass is 207 g/mol. The Hall–Kier alpha value is -1.60. The van der Waals surface area contributed by atoms with E-state index in [1.807, 2.05) is 0 Å². The fourth-order valence-electron chi connectivity index (χ4n) is 1.29. The summed E-state index contributed by atoms with van der Waals surface area (Å²) in [5, 5.41) is 17.7. The van der Waals surface area contributed by atoms with Crippen molar-refractivity contribution >= 4 is 0 Å². The topological polar surface area (TPSA) is 53.2 Å². The van der Waals surface area contributed by atoms with Crippen LogP contribution in [0.25, 0.3) is 0 Å². The standard InChI is InChI=1S/C11H10FNO2/c12-10-3-7(6-14)4-11(9(10)5-13)15-8-1-2-8/h3-4,8,14H,1-2,6H2. The van der Waals surface area contributed by atoms with Crippen LogP contribution in [0.4, 0.5) is 4.39 Å². The molecule has 78 valence electrons. The van der Waals surface area contributed by atoms with E-state index < -0.39 is 5.82 Å². The normalized spacial score (nSPS) is 14.7. The molecule has 0 saturated heterocycles. The molecule has 1 aromatic rings. The first kappa shape index (κ1) is 9.94. The molecule has 0 atom stereocenters. The van der Waals surface area contributed by atoms with Crippen molar-refractivity contribution in [3.63, 3.8) is 0 Å². The molecular weight excluding hydrogens is 197 g/mol. The van der Waals surface area contributed by atoms with Crippen molar-refractivity contribution in [2.24, 2.45) is 0 Å². The van der Waals surface area contributed by atoms with E-state index >= 15 is 0 Å². The van der Waals surface area contributed by atoms with Crippen LogP contribution in [0, 0.1) is 17.1 Å². The molecular formula is C11H10FNO2. The van der Waals surface area contributed by atoms with E-state index in [4.69, 9.17) is 15.1 Å². The van der Waals surface area contributed by atoms with Gasteiger partial charge in [-0.1, -0.05) is 0 Å². The van der Waals surface area contributed by atoms with Crippen molar-refractivity contribution < 1.29 is 14.2 Å². The molecule has 1 N–H and O–H groups in total. The molecule has 1 fully saturated rings. The van der Waals surface area contributed by atoms with Gasteiger partial charge in [0, 0.05) is 0 Å². The Balaban J connectivity index is 2.38. The first-order chi connectivity index (χ1) is 7.24. The highest BCUT2D eigenvalue weighted by Crippen LogP contribution is 2.31. The van der Waals surface area contributed by atoms with Gasteiger partial charge in [-0.3, -0.25) is 0 Å². The van der Waals surface area contributed by atoms with Gasteiger partial charge in [0.1, 0.15) is 23.2 Å². The molecule has 1 aromatic carbocycles. The van der Waals surface area contributed by atoms with Crippen LogP contribution in [0.15, 0.2) is 12.1 Å². The lowest BCUT2D eigenvalue weighted by Gasteiger charge is -2.08. The quantitative estimate of drug-likeness (QED) is 0.821. The minimum absolute atomic E-state index is 0.0842. The Kier molecular flexibility index (Phi) is 2.57. The SMILES string of the molecule is N#Cc1c(F)cc(CO)cc1OC1CC1. The molecule has 0 spiro atoms. The second kappa shape index (κ2) is 3.87. The number of aliphatic hydroxyl groups is 1. The zero-order valence-corrected chi connectivity index (χ0v) is 8.03. The van der Waals surface area contributed by atoms with Gasteiger partial charge in [-0.05, 0) is 30.5 Å². The molecule has 0 amide bonds. The van der Waals surface area contributed by atoms with Crippen molar-refractivity contribution in [2.75, 3.05) is 0 Å². The number of ether oxygens (including phenoxy) is 1. The highest BCUT2D eigenvalue weighted by molar-refractivity contribution is 5.46. The summed E-state index contributed by atoms with van der Waals surface area (Å²) in [6.07, 6.45) is 1.98. The maximum absolute atomic E-state index is 13.4. The van der Waals surface area contributed by atoms with Crippen LogP contribution in [0.3, 0.4) is 0 Å². The van der Waals surface area contributed by atoms with Gasteiger partial charge in [-0.2, -0.15) is 5.26 Å². The number of rotatable bonds is 3. The Morgan fingerprint density at radius 3 is 2.80 bits per heavy atom. The van der Waals surface area contributed by atoms with Gasteiger partial charge in [0.2, 0.25) is 0 Å². The lowest BCUT2D eigenvalue weighted by atomic mass is 10.1. The van der Waals surface area contributed by atoms with Crippen LogP contribution < -0.4 is 4.74 Å². The van der Waals surface area contributed by atoms with Crippen LogP contribution in [-0.2, 0) is 6.61 Å². The van der Waals surface area contributed by atoms with E-state index in [0.29, 0.717) is 5.56 Å². The molecule has 1 aliphatic carbocycles. The summed E-state index contributed by atoms with van der Waals surface area (Å²) in [6, 6.07) is 4.43. The van der Waals surface area contributed by atoms with Gasteiger partial charge >= 0.3 is 0 Å². The highest BCUT2D eigenvalue weighted by Gasteiger charge is 2.25. The summed E-state index contributed by atoms with van der Waals surface area (Å²) >= 11 is 0. The van der Waals surface area contributed by atoms with Crippen LogP contribution in [-0.4, -0.2) is 11.2 Å². The summed E-state index contributed by atoms with van der Waals surface area (Å²) in [5.41, 5.74) is 0.334. The first-order valence-electron chi connectivity index (χ1n) is 4.74. The predicted octanol–water partition coefficient (Wildman–Crippen LogP) is 1.73. The third kappa shape index (κ3) is 2.08. The van der Waals surface area contributed by atoms with Crippen molar-refractivity contribution in [1.29, 1.82) is 5.26 Å².